The Balaban J connectivity index is 2.25. The minimum Gasteiger partial charge on any atom is -0.302 e. The lowest BCUT2D eigenvalue weighted by Gasteiger charge is -2.16. The summed E-state index contributed by atoms with van der Waals surface area (Å²) in [5, 5.41) is 3.26. The number of hydrogen-bond donors (Lipinski definition) is 1. The van der Waals surface area contributed by atoms with Gasteiger partial charge in [0.15, 0.2) is 15.0 Å². The molecular weight excluding hydrogens is 308 g/mol. The summed E-state index contributed by atoms with van der Waals surface area (Å²) in [6.45, 7) is 5.97. The fourth-order valence-electron chi connectivity index (χ4n) is 1.83. The van der Waals surface area contributed by atoms with Gasteiger partial charge in [0.2, 0.25) is 5.91 Å². The summed E-state index contributed by atoms with van der Waals surface area (Å²) < 4.78 is 23.8. The lowest BCUT2D eigenvalue weighted by molar-refractivity contribution is -0.117. The van der Waals surface area contributed by atoms with Crippen LogP contribution in [0.3, 0.4) is 0 Å². The van der Waals surface area contributed by atoms with E-state index < -0.39 is 9.84 Å². The Morgan fingerprint density at radius 1 is 1.33 bits per heavy atom. The number of sulfone groups is 1. The van der Waals surface area contributed by atoms with Crippen molar-refractivity contribution >= 4 is 42.4 Å². The highest BCUT2D eigenvalue weighted by atomic mass is 32.2. The highest BCUT2D eigenvalue weighted by molar-refractivity contribution is 7.90. The molecule has 0 saturated heterocycles. The van der Waals surface area contributed by atoms with Gasteiger partial charge in [0.25, 0.3) is 0 Å². The first kappa shape index (κ1) is 15.9. The molecule has 0 atom stereocenters. The first-order valence-corrected chi connectivity index (χ1v) is 9.16. The van der Waals surface area contributed by atoms with Gasteiger partial charge in [-0.1, -0.05) is 32.1 Å². The molecule has 1 aromatic heterocycles. The van der Waals surface area contributed by atoms with Crippen molar-refractivity contribution in [2.75, 3.05) is 11.6 Å². The van der Waals surface area contributed by atoms with Crippen LogP contribution in [0.2, 0.25) is 0 Å². The molecule has 1 amide bonds. The van der Waals surface area contributed by atoms with Gasteiger partial charge in [-0.15, -0.1) is 0 Å². The topological polar surface area (TPSA) is 76.1 Å². The van der Waals surface area contributed by atoms with Crippen LogP contribution >= 0.6 is 11.3 Å². The molecule has 21 heavy (non-hydrogen) atoms. The molecule has 0 spiro atoms. The van der Waals surface area contributed by atoms with Gasteiger partial charge in [0.1, 0.15) is 0 Å². The number of rotatable bonds is 3. The molecule has 0 bridgehead atoms. The SMILES string of the molecule is CC(C)(C)CC(=O)Nc1nc2ccc(S(C)(=O)=O)cc2s1. The number of aromatic nitrogens is 1. The largest absolute Gasteiger partial charge is 0.302 e. The Bertz CT molecular complexity index is 786. The minimum atomic E-state index is -3.24. The maximum absolute atomic E-state index is 11.9. The van der Waals surface area contributed by atoms with Crippen LogP contribution in [-0.4, -0.2) is 25.6 Å². The zero-order chi connectivity index (χ0) is 15.8. The van der Waals surface area contributed by atoms with Crippen molar-refractivity contribution in [3.05, 3.63) is 18.2 Å². The molecule has 2 aromatic rings. The quantitative estimate of drug-likeness (QED) is 0.940. The molecule has 0 aliphatic heterocycles. The van der Waals surface area contributed by atoms with E-state index in [0.29, 0.717) is 17.1 Å². The molecule has 2 rings (SSSR count). The zero-order valence-corrected chi connectivity index (χ0v) is 14.1. The summed E-state index contributed by atoms with van der Waals surface area (Å²) in [5.74, 6) is -0.0927. The fraction of sp³-hybridized carbons (Fsp3) is 0.429. The van der Waals surface area contributed by atoms with Crippen LogP contribution in [0.5, 0.6) is 0 Å². The van der Waals surface area contributed by atoms with E-state index in [1.165, 1.54) is 23.7 Å². The third-order valence-electron chi connectivity index (χ3n) is 2.73. The zero-order valence-electron chi connectivity index (χ0n) is 12.4. The maximum Gasteiger partial charge on any atom is 0.226 e. The number of carbonyl (C=O) groups excluding carboxylic acids is 1. The van der Waals surface area contributed by atoms with E-state index in [4.69, 9.17) is 0 Å². The Labute approximate surface area is 128 Å². The van der Waals surface area contributed by atoms with Crippen molar-refractivity contribution in [1.29, 1.82) is 0 Å². The van der Waals surface area contributed by atoms with Crippen molar-refractivity contribution < 1.29 is 13.2 Å². The van der Waals surface area contributed by atoms with E-state index in [2.05, 4.69) is 10.3 Å². The second-order valence-electron chi connectivity index (χ2n) is 6.21. The Morgan fingerprint density at radius 2 is 2.00 bits per heavy atom. The normalized spacial score (nSPS) is 12.6. The summed E-state index contributed by atoms with van der Waals surface area (Å²) in [4.78, 5) is 16.4. The smallest absolute Gasteiger partial charge is 0.226 e. The molecule has 1 N–H and O–H groups in total. The highest BCUT2D eigenvalue weighted by Crippen LogP contribution is 2.29. The van der Waals surface area contributed by atoms with Gasteiger partial charge in [-0.25, -0.2) is 13.4 Å². The molecule has 0 saturated carbocycles. The molecule has 5 nitrogen and oxygen atoms in total. The Hall–Kier alpha value is -1.47. The summed E-state index contributed by atoms with van der Waals surface area (Å²) in [6.07, 6.45) is 1.57. The number of amides is 1. The third kappa shape index (κ3) is 4.25. The van der Waals surface area contributed by atoms with Gasteiger partial charge in [-0.3, -0.25) is 4.79 Å². The monoisotopic (exact) mass is 326 g/mol. The lowest BCUT2D eigenvalue weighted by Crippen LogP contribution is -2.19. The molecule has 1 heterocycles. The van der Waals surface area contributed by atoms with Gasteiger partial charge in [0.05, 0.1) is 15.1 Å². The van der Waals surface area contributed by atoms with Gasteiger partial charge < -0.3 is 5.32 Å². The number of thiazole rings is 1. The summed E-state index contributed by atoms with van der Waals surface area (Å²) in [6, 6.07) is 4.77. The second kappa shape index (κ2) is 5.38. The summed E-state index contributed by atoms with van der Waals surface area (Å²) in [7, 11) is -3.24. The van der Waals surface area contributed by atoms with Gasteiger partial charge in [-0.05, 0) is 23.6 Å². The van der Waals surface area contributed by atoms with E-state index in [-0.39, 0.29) is 16.2 Å². The van der Waals surface area contributed by atoms with Crippen LogP contribution in [-0.2, 0) is 14.6 Å². The van der Waals surface area contributed by atoms with Crippen molar-refractivity contribution in [2.24, 2.45) is 5.41 Å². The van der Waals surface area contributed by atoms with Crippen LogP contribution in [0.1, 0.15) is 27.2 Å². The van der Waals surface area contributed by atoms with Crippen LogP contribution in [0.25, 0.3) is 10.2 Å². The van der Waals surface area contributed by atoms with Crippen LogP contribution in [0, 0.1) is 5.41 Å². The number of nitrogens with one attached hydrogen (secondary N) is 1. The Kier molecular flexibility index (Phi) is 4.08. The van der Waals surface area contributed by atoms with Crippen LogP contribution in [0.4, 0.5) is 5.13 Å². The predicted octanol–water partition coefficient (Wildman–Crippen LogP) is 3.07. The average Bonchev–Trinajstić information content (AvgIpc) is 2.65. The molecule has 0 aliphatic rings. The Morgan fingerprint density at radius 3 is 2.57 bits per heavy atom. The first-order chi connectivity index (χ1) is 9.54. The summed E-state index contributed by atoms with van der Waals surface area (Å²) in [5.41, 5.74) is 0.586. The van der Waals surface area contributed by atoms with E-state index >= 15 is 0 Å². The highest BCUT2D eigenvalue weighted by Gasteiger charge is 2.17. The van der Waals surface area contributed by atoms with E-state index in [1.54, 1.807) is 12.1 Å². The molecule has 0 aliphatic carbocycles. The lowest BCUT2D eigenvalue weighted by atomic mass is 9.92. The molecule has 114 valence electrons. The number of nitrogens with zero attached hydrogens (tertiary/aromatic N) is 1. The van der Waals surface area contributed by atoms with Gasteiger partial charge >= 0.3 is 0 Å². The molecule has 0 radical (unpaired) electrons. The fourth-order valence-corrected chi connectivity index (χ4v) is 3.48. The van der Waals surface area contributed by atoms with Crippen molar-refractivity contribution in [1.82, 2.24) is 4.98 Å². The first-order valence-electron chi connectivity index (χ1n) is 6.45. The van der Waals surface area contributed by atoms with Crippen molar-refractivity contribution in [3.8, 4) is 0 Å². The molecule has 1 aromatic carbocycles. The van der Waals surface area contributed by atoms with Crippen molar-refractivity contribution in [3.63, 3.8) is 0 Å². The maximum atomic E-state index is 11.9. The minimum absolute atomic E-state index is 0.0927. The second-order valence-corrected chi connectivity index (χ2v) is 9.25. The number of hydrogen-bond acceptors (Lipinski definition) is 5. The average molecular weight is 326 g/mol. The molecule has 7 heteroatoms. The summed E-state index contributed by atoms with van der Waals surface area (Å²) >= 11 is 1.27. The molecular formula is C14H18N2O3S2. The number of fused-ring (bicyclic) bond motifs is 1. The predicted molar refractivity (Wildman–Crippen MR) is 85.4 cm³/mol. The number of benzene rings is 1. The van der Waals surface area contributed by atoms with Gasteiger partial charge in [-0.2, -0.15) is 0 Å². The van der Waals surface area contributed by atoms with Crippen LogP contribution in [0.15, 0.2) is 23.1 Å². The standard InChI is InChI=1S/C14H18N2O3S2/c1-14(2,3)8-12(17)16-13-15-10-6-5-9(21(4,18)19)7-11(10)20-13/h5-7H,8H2,1-4H3,(H,15,16,17). The number of carbonyl (C=O) groups is 1. The third-order valence-corrected chi connectivity index (χ3v) is 4.77. The van der Waals surface area contributed by atoms with Crippen molar-refractivity contribution in [2.45, 2.75) is 32.1 Å². The van der Waals surface area contributed by atoms with Crippen LogP contribution < -0.4 is 5.32 Å². The van der Waals surface area contributed by atoms with E-state index in [1.807, 2.05) is 20.8 Å². The number of anilines is 1. The molecule has 0 fully saturated rings. The van der Waals surface area contributed by atoms with E-state index in [0.717, 1.165) is 4.70 Å². The van der Waals surface area contributed by atoms with Gasteiger partial charge in [0, 0.05) is 12.7 Å². The molecule has 0 unspecified atom stereocenters. The van der Waals surface area contributed by atoms with E-state index in [9.17, 15) is 13.2 Å².